The lowest BCUT2D eigenvalue weighted by Crippen LogP contribution is -2.14. The molecule has 2 N–H and O–H groups in total. The van der Waals surface area contributed by atoms with Gasteiger partial charge in [-0.2, -0.15) is 4.98 Å². The molecule has 6 nitrogen and oxygen atoms in total. The second kappa shape index (κ2) is 5.48. The van der Waals surface area contributed by atoms with Gasteiger partial charge < -0.3 is 5.11 Å². The van der Waals surface area contributed by atoms with Gasteiger partial charge in [-0.3, -0.25) is 10.1 Å². The number of fused-ring (bicyclic) bond motifs is 1. The predicted molar refractivity (Wildman–Crippen MR) is 85.7 cm³/mol. The molecule has 1 aromatic carbocycles. The van der Waals surface area contributed by atoms with E-state index >= 15 is 0 Å². The summed E-state index contributed by atoms with van der Waals surface area (Å²) in [7, 11) is 0. The van der Waals surface area contributed by atoms with E-state index in [4.69, 9.17) is 1.37 Å². The van der Waals surface area contributed by atoms with E-state index in [0.29, 0.717) is 17.2 Å². The van der Waals surface area contributed by atoms with Crippen molar-refractivity contribution in [2.24, 2.45) is 5.92 Å². The van der Waals surface area contributed by atoms with Crippen LogP contribution < -0.4 is 5.32 Å². The maximum atomic E-state index is 11.9. The van der Waals surface area contributed by atoms with Crippen LogP contribution in [0.2, 0.25) is 0 Å². The highest BCUT2D eigenvalue weighted by Crippen LogP contribution is 2.30. The van der Waals surface area contributed by atoms with Gasteiger partial charge in [0.1, 0.15) is 0 Å². The van der Waals surface area contributed by atoms with E-state index < -0.39 is 6.58 Å². The molecule has 0 bridgehead atoms. The highest BCUT2D eigenvalue weighted by atomic mass is 16.3. The number of carbonyl (C=O) groups excluding carboxylic acids is 1. The number of aliphatic hydroxyl groups excluding tert-OH is 1. The van der Waals surface area contributed by atoms with E-state index in [9.17, 15) is 9.90 Å². The summed E-state index contributed by atoms with van der Waals surface area (Å²) in [4.78, 5) is 16.2. The lowest BCUT2D eigenvalue weighted by atomic mass is 10.1. The topological polar surface area (TPSA) is 79.5 Å². The first-order valence-corrected chi connectivity index (χ1v) is 7.49. The van der Waals surface area contributed by atoms with Crippen molar-refractivity contribution in [1.82, 2.24) is 14.6 Å². The van der Waals surface area contributed by atoms with Crippen molar-refractivity contribution in [3.05, 3.63) is 48.0 Å². The molecule has 0 spiro atoms. The molecule has 6 heteroatoms. The molecule has 2 aromatic heterocycles. The van der Waals surface area contributed by atoms with Crippen LogP contribution in [0.25, 0.3) is 16.9 Å². The Bertz CT molecular complexity index is 901. The Morgan fingerprint density at radius 3 is 2.78 bits per heavy atom. The average molecular weight is 309 g/mol. The van der Waals surface area contributed by atoms with Crippen LogP contribution in [-0.2, 0) is 11.4 Å². The number of rotatable bonds is 4. The molecule has 1 saturated carbocycles. The molecule has 1 atom stereocenters. The fraction of sp³-hybridized carbons (Fsp3) is 0.235. The van der Waals surface area contributed by atoms with Crippen molar-refractivity contribution < 1.29 is 11.3 Å². The van der Waals surface area contributed by atoms with Crippen molar-refractivity contribution >= 4 is 17.5 Å². The summed E-state index contributed by atoms with van der Waals surface area (Å²) >= 11 is 0. The van der Waals surface area contributed by atoms with Crippen molar-refractivity contribution in [2.45, 2.75) is 19.4 Å². The monoisotopic (exact) mass is 309 g/mol. The summed E-state index contributed by atoms with van der Waals surface area (Å²) in [5.41, 5.74) is 2.87. The summed E-state index contributed by atoms with van der Waals surface area (Å²) < 4.78 is 9.00. The van der Waals surface area contributed by atoms with E-state index in [1.807, 2.05) is 30.3 Å². The lowest BCUT2D eigenvalue weighted by Gasteiger charge is -2.05. The molecule has 23 heavy (non-hydrogen) atoms. The van der Waals surface area contributed by atoms with Gasteiger partial charge in [-0.25, -0.2) is 4.52 Å². The zero-order chi connectivity index (χ0) is 16.7. The van der Waals surface area contributed by atoms with Crippen molar-refractivity contribution in [3.8, 4) is 11.3 Å². The Morgan fingerprint density at radius 2 is 2.09 bits per heavy atom. The number of amides is 1. The average Bonchev–Trinajstić information content (AvgIpc) is 3.35. The number of anilines is 1. The molecule has 1 aliphatic carbocycles. The maximum Gasteiger partial charge on any atom is 0.249 e. The number of nitrogens with zero attached hydrogens (tertiary/aromatic N) is 3. The Morgan fingerprint density at radius 1 is 1.30 bits per heavy atom. The van der Waals surface area contributed by atoms with E-state index in [0.717, 1.165) is 24.1 Å². The fourth-order valence-corrected chi connectivity index (χ4v) is 2.47. The number of pyridine rings is 1. The number of hydrogen-bond donors (Lipinski definition) is 2. The van der Waals surface area contributed by atoms with Crippen molar-refractivity contribution in [1.29, 1.82) is 0 Å². The molecule has 116 valence electrons. The van der Waals surface area contributed by atoms with Crippen LogP contribution in [0, 0.1) is 5.92 Å². The van der Waals surface area contributed by atoms with E-state index in [-0.39, 0.29) is 11.8 Å². The Kier molecular flexibility index (Phi) is 3.04. The number of hydrogen-bond acceptors (Lipinski definition) is 4. The zero-order valence-corrected chi connectivity index (χ0v) is 12.3. The largest absolute Gasteiger partial charge is 0.392 e. The standard InChI is InChI=1S/C17H16N4O2/c22-10-11-4-6-12(7-5-11)14-2-1-3-15-18-17(20-21(14)15)19-16(23)13-8-9-13/h1-7,13,22H,8-10H2,(H,19,20,23)/i10D. The van der Waals surface area contributed by atoms with Gasteiger partial charge in [0.25, 0.3) is 0 Å². The second-order valence-corrected chi connectivity index (χ2v) is 5.63. The molecule has 1 aliphatic rings. The molecule has 1 amide bonds. The predicted octanol–water partition coefficient (Wildman–Crippen LogP) is 2.24. The molecule has 0 saturated heterocycles. The number of carbonyl (C=O) groups is 1. The van der Waals surface area contributed by atoms with Gasteiger partial charge >= 0.3 is 0 Å². The summed E-state index contributed by atoms with van der Waals surface area (Å²) in [6.45, 7) is -1.24. The van der Waals surface area contributed by atoms with E-state index in [2.05, 4.69) is 15.4 Å². The molecule has 1 unspecified atom stereocenters. The van der Waals surface area contributed by atoms with Gasteiger partial charge in [0.15, 0.2) is 5.65 Å². The molecular weight excluding hydrogens is 292 g/mol. The smallest absolute Gasteiger partial charge is 0.249 e. The van der Waals surface area contributed by atoms with Crippen molar-refractivity contribution in [2.75, 3.05) is 5.32 Å². The third-order valence-corrected chi connectivity index (χ3v) is 3.90. The molecule has 2 heterocycles. The van der Waals surface area contributed by atoms with Gasteiger partial charge in [-0.1, -0.05) is 30.3 Å². The SMILES string of the molecule is [2H]C(O)c1ccc(-c2cccc3nc(NC(=O)C4CC4)nn23)cc1. The van der Waals surface area contributed by atoms with Gasteiger partial charge in [-0.15, -0.1) is 5.10 Å². The number of aromatic nitrogens is 3. The zero-order valence-electron chi connectivity index (χ0n) is 13.3. The van der Waals surface area contributed by atoms with Crippen LogP contribution in [-0.4, -0.2) is 25.6 Å². The first-order chi connectivity index (χ1) is 11.6. The van der Waals surface area contributed by atoms with Crippen LogP contribution in [0.15, 0.2) is 42.5 Å². The van der Waals surface area contributed by atoms with Gasteiger partial charge in [-0.05, 0) is 30.5 Å². The van der Waals surface area contributed by atoms with Crippen LogP contribution >= 0.6 is 0 Å². The molecule has 1 fully saturated rings. The normalized spacial score (nSPS) is 16.1. The Labute approximate surface area is 134 Å². The van der Waals surface area contributed by atoms with Crippen LogP contribution in [0.4, 0.5) is 5.95 Å². The Balaban J connectivity index is 1.69. The van der Waals surface area contributed by atoms with Gasteiger partial charge in [0.2, 0.25) is 11.9 Å². The summed E-state index contributed by atoms with van der Waals surface area (Å²) in [6.07, 6.45) is 1.86. The minimum Gasteiger partial charge on any atom is -0.392 e. The lowest BCUT2D eigenvalue weighted by molar-refractivity contribution is -0.117. The fourth-order valence-electron chi connectivity index (χ4n) is 2.47. The van der Waals surface area contributed by atoms with E-state index in [1.54, 1.807) is 16.6 Å². The highest BCUT2D eigenvalue weighted by Gasteiger charge is 2.30. The number of aliphatic hydroxyl groups is 1. The quantitative estimate of drug-likeness (QED) is 0.774. The number of benzene rings is 1. The first kappa shape index (κ1) is 12.8. The van der Waals surface area contributed by atoms with E-state index in [1.165, 1.54) is 0 Å². The van der Waals surface area contributed by atoms with Crippen LogP contribution in [0.1, 0.15) is 19.8 Å². The molecular formula is C17H16N4O2. The summed E-state index contributed by atoms with van der Waals surface area (Å²) in [6, 6.07) is 12.7. The van der Waals surface area contributed by atoms with Crippen LogP contribution in [0.5, 0.6) is 0 Å². The first-order valence-electron chi connectivity index (χ1n) is 8.07. The molecule has 0 radical (unpaired) electrons. The minimum atomic E-state index is -1.24. The number of nitrogens with one attached hydrogen (secondary N) is 1. The van der Waals surface area contributed by atoms with Crippen LogP contribution in [0.3, 0.4) is 0 Å². The highest BCUT2D eigenvalue weighted by molar-refractivity contribution is 5.92. The molecule has 3 aromatic rings. The molecule has 0 aliphatic heterocycles. The van der Waals surface area contributed by atoms with Crippen molar-refractivity contribution in [3.63, 3.8) is 0 Å². The third-order valence-electron chi connectivity index (χ3n) is 3.90. The molecule has 4 rings (SSSR count). The third kappa shape index (κ3) is 2.68. The maximum absolute atomic E-state index is 11.9. The van der Waals surface area contributed by atoms with Gasteiger partial charge in [0, 0.05) is 11.5 Å². The Hall–Kier alpha value is -2.73. The minimum absolute atomic E-state index is 0.0266. The summed E-state index contributed by atoms with van der Waals surface area (Å²) in [5, 5.41) is 16.4. The van der Waals surface area contributed by atoms with Gasteiger partial charge in [0.05, 0.1) is 13.6 Å². The second-order valence-electron chi connectivity index (χ2n) is 5.63. The summed E-state index contributed by atoms with van der Waals surface area (Å²) in [5.74, 6) is 0.374.